The summed E-state index contributed by atoms with van der Waals surface area (Å²) in [6.45, 7) is 0. The normalized spacial score (nSPS) is 22.0. The molecule has 2 aliphatic rings. The Morgan fingerprint density at radius 1 is 1.04 bits per heavy atom. The van der Waals surface area contributed by atoms with Crippen LogP contribution in [0.15, 0.2) is 52.5 Å². The molecule has 0 amide bonds. The van der Waals surface area contributed by atoms with Gasteiger partial charge in [0.2, 0.25) is 0 Å². The molecule has 2 aromatic rings. The Kier molecular flexibility index (Phi) is 5.15. The molecule has 2 aromatic carbocycles. The summed E-state index contributed by atoms with van der Waals surface area (Å²) in [5, 5.41) is 0.640. The number of hydrogen-bond donors (Lipinski definition) is 0. The average Bonchev–Trinajstić information content (AvgIpc) is 3.35. The molecule has 2 unspecified atom stereocenters. The molecule has 0 heterocycles. The molecule has 5 heteroatoms. The smallest absolute Gasteiger partial charge is 0.166 e. The monoisotopic (exact) mass is 454 g/mol. The number of aryl methyl sites for hydroxylation is 2. The third-order valence-electron chi connectivity index (χ3n) is 5.69. The van der Waals surface area contributed by atoms with Crippen molar-refractivity contribution in [2.45, 2.75) is 38.3 Å². The number of fused-ring (bicyclic) bond motifs is 2. The van der Waals surface area contributed by atoms with E-state index in [9.17, 15) is 13.2 Å². The molecule has 0 spiro atoms. The van der Waals surface area contributed by atoms with Crippen molar-refractivity contribution in [1.82, 2.24) is 0 Å². The van der Waals surface area contributed by atoms with Crippen molar-refractivity contribution in [1.29, 1.82) is 0 Å². The second-order valence-corrected chi connectivity index (χ2v) is 8.82. The minimum atomic E-state index is -4.34. The molecule has 4 rings (SSSR count). The highest BCUT2D eigenvalue weighted by atomic mass is 79.9. The van der Waals surface area contributed by atoms with Crippen LogP contribution in [0, 0.1) is 11.8 Å². The van der Waals surface area contributed by atoms with E-state index in [1.807, 2.05) is 18.2 Å². The predicted octanol–water partition coefficient (Wildman–Crippen LogP) is 7.63. The van der Waals surface area contributed by atoms with Crippen LogP contribution in [0.3, 0.4) is 0 Å². The molecule has 0 aromatic heterocycles. The maximum Gasteiger partial charge on any atom is 0.416 e. The second kappa shape index (κ2) is 7.29. The van der Waals surface area contributed by atoms with Crippen LogP contribution in [-0.4, -0.2) is 6.18 Å². The fourth-order valence-electron chi connectivity index (χ4n) is 4.28. The lowest BCUT2D eigenvalue weighted by Gasteiger charge is -2.23. The van der Waals surface area contributed by atoms with Gasteiger partial charge in [-0.15, -0.1) is 0 Å². The first-order chi connectivity index (χ1) is 12.8. The molecule has 2 atom stereocenters. The number of halogens is 5. The Labute approximate surface area is 170 Å². The summed E-state index contributed by atoms with van der Waals surface area (Å²) in [6.07, 6.45) is -0.759. The maximum absolute atomic E-state index is 14.2. The van der Waals surface area contributed by atoms with Gasteiger partial charge in [0.05, 0.1) is 5.57 Å². The molecule has 1 saturated carbocycles. The number of benzene rings is 2. The molecule has 27 heavy (non-hydrogen) atoms. The number of hydrogen-bond acceptors (Lipinski definition) is 0. The minimum absolute atomic E-state index is 0.0747. The van der Waals surface area contributed by atoms with Gasteiger partial charge in [-0.3, -0.25) is 0 Å². The zero-order valence-corrected chi connectivity index (χ0v) is 17.0. The van der Waals surface area contributed by atoms with Crippen molar-refractivity contribution < 1.29 is 13.2 Å². The van der Waals surface area contributed by atoms with E-state index in [1.165, 1.54) is 0 Å². The second-order valence-electron chi connectivity index (χ2n) is 7.47. The fraction of sp³-hybridized carbons (Fsp3) is 0.364. The first-order valence-electron chi connectivity index (χ1n) is 9.16. The van der Waals surface area contributed by atoms with Gasteiger partial charge in [-0.05, 0) is 84.9 Å². The molecule has 0 N–H and O–H groups in total. The Bertz CT molecular complexity index is 883. The van der Waals surface area contributed by atoms with E-state index in [-0.39, 0.29) is 5.92 Å². The number of allylic oxidation sites excluding steroid dienone is 2. The lowest BCUT2D eigenvalue weighted by molar-refractivity contribution is -0.0698. The zero-order chi connectivity index (χ0) is 19.2. The van der Waals surface area contributed by atoms with E-state index in [4.69, 9.17) is 11.6 Å². The van der Waals surface area contributed by atoms with Crippen LogP contribution >= 0.6 is 27.5 Å². The van der Waals surface area contributed by atoms with E-state index in [0.29, 0.717) is 41.3 Å². The van der Waals surface area contributed by atoms with E-state index in [0.717, 1.165) is 28.4 Å². The third kappa shape index (κ3) is 4.12. The van der Waals surface area contributed by atoms with Gasteiger partial charge in [-0.25, -0.2) is 0 Å². The Morgan fingerprint density at radius 2 is 1.78 bits per heavy atom. The Morgan fingerprint density at radius 3 is 2.48 bits per heavy atom. The largest absolute Gasteiger partial charge is 0.416 e. The van der Waals surface area contributed by atoms with Gasteiger partial charge >= 0.3 is 6.18 Å². The van der Waals surface area contributed by atoms with Crippen LogP contribution in [0.2, 0.25) is 5.02 Å². The van der Waals surface area contributed by atoms with Gasteiger partial charge in [0.25, 0.3) is 0 Å². The van der Waals surface area contributed by atoms with E-state index in [2.05, 4.69) is 15.9 Å². The highest BCUT2D eigenvalue weighted by Crippen LogP contribution is 2.55. The van der Waals surface area contributed by atoms with Crippen molar-refractivity contribution >= 4 is 33.1 Å². The van der Waals surface area contributed by atoms with Gasteiger partial charge in [-0.1, -0.05) is 51.3 Å². The Hall–Kier alpha value is -1.26. The van der Waals surface area contributed by atoms with Gasteiger partial charge in [0, 0.05) is 9.50 Å². The first kappa shape index (κ1) is 19.1. The number of alkyl halides is 3. The van der Waals surface area contributed by atoms with Gasteiger partial charge < -0.3 is 0 Å². The van der Waals surface area contributed by atoms with E-state index >= 15 is 0 Å². The predicted molar refractivity (Wildman–Crippen MR) is 107 cm³/mol. The topological polar surface area (TPSA) is 0 Å². The van der Waals surface area contributed by atoms with Crippen molar-refractivity contribution in [3.8, 4) is 0 Å². The fourth-order valence-corrected chi connectivity index (χ4v) is 4.82. The third-order valence-corrected chi connectivity index (χ3v) is 6.44. The average molecular weight is 456 g/mol. The van der Waals surface area contributed by atoms with Crippen LogP contribution in [0.25, 0.3) is 5.57 Å². The summed E-state index contributed by atoms with van der Waals surface area (Å²) in [5.41, 5.74) is 2.37. The summed E-state index contributed by atoms with van der Waals surface area (Å²) >= 11 is 9.33. The maximum atomic E-state index is 14.2. The van der Waals surface area contributed by atoms with Gasteiger partial charge in [-0.2, -0.15) is 13.2 Å². The van der Waals surface area contributed by atoms with Crippen molar-refractivity contribution in [3.05, 3.63) is 74.2 Å². The molecule has 0 radical (unpaired) electrons. The molecular weight excluding hydrogens is 437 g/mol. The van der Waals surface area contributed by atoms with Crippen LogP contribution in [0.5, 0.6) is 0 Å². The van der Waals surface area contributed by atoms with Gasteiger partial charge in [0.1, 0.15) is 0 Å². The summed E-state index contributed by atoms with van der Waals surface area (Å²) < 4.78 is 43.3. The molecule has 142 valence electrons. The molecular formula is C22H19BrClF3. The van der Waals surface area contributed by atoms with Crippen molar-refractivity contribution in [2.75, 3.05) is 0 Å². The molecule has 0 bridgehead atoms. The Balaban J connectivity index is 1.77. The lowest BCUT2D eigenvalue weighted by Crippen LogP contribution is -2.18. The summed E-state index contributed by atoms with van der Waals surface area (Å²) in [4.78, 5) is 0. The van der Waals surface area contributed by atoms with Crippen LogP contribution in [0.1, 0.15) is 36.0 Å². The molecule has 2 aliphatic carbocycles. The quantitative estimate of drug-likeness (QED) is 0.446. The zero-order valence-electron chi connectivity index (χ0n) is 14.6. The molecule has 0 nitrogen and oxygen atoms in total. The summed E-state index contributed by atoms with van der Waals surface area (Å²) in [7, 11) is 0. The highest BCUT2D eigenvalue weighted by Gasteiger charge is 2.47. The van der Waals surface area contributed by atoms with Gasteiger partial charge in [0.15, 0.2) is 0 Å². The van der Waals surface area contributed by atoms with Crippen LogP contribution in [0.4, 0.5) is 13.2 Å². The SMILES string of the molecule is FC(F)(F)C1=C(CCc2ccc(Cl)cc2)C2CC2CCc2cc(Br)ccc21. The standard InChI is InChI=1S/C22H19BrClF3/c23-16-6-10-18-14(11-16)4-5-15-12-20(15)19(21(18)22(25,26)27)9-3-13-1-7-17(24)8-2-13/h1-2,6-8,10-11,15,20H,3-5,9,12H2. The summed E-state index contributed by atoms with van der Waals surface area (Å²) in [6, 6.07) is 12.6. The van der Waals surface area contributed by atoms with Crippen LogP contribution < -0.4 is 0 Å². The lowest BCUT2D eigenvalue weighted by atomic mass is 9.85. The van der Waals surface area contributed by atoms with Crippen molar-refractivity contribution in [2.24, 2.45) is 11.8 Å². The van der Waals surface area contributed by atoms with E-state index < -0.39 is 11.7 Å². The van der Waals surface area contributed by atoms with Crippen molar-refractivity contribution in [3.63, 3.8) is 0 Å². The van der Waals surface area contributed by atoms with Crippen LogP contribution in [-0.2, 0) is 12.8 Å². The molecule has 0 saturated heterocycles. The molecule has 1 fully saturated rings. The first-order valence-corrected chi connectivity index (χ1v) is 10.3. The summed E-state index contributed by atoms with van der Waals surface area (Å²) in [5.74, 6) is 0.459. The molecule has 0 aliphatic heterocycles. The highest BCUT2D eigenvalue weighted by molar-refractivity contribution is 9.10. The van der Waals surface area contributed by atoms with E-state index in [1.54, 1.807) is 24.3 Å². The number of rotatable bonds is 3. The minimum Gasteiger partial charge on any atom is -0.166 e.